The van der Waals surface area contributed by atoms with Crippen LogP contribution in [0.4, 0.5) is 23.1 Å². The molecule has 1 aromatic heterocycles. The zero-order chi connectivity index (χ0) is 21.1. The van der Waals surface area contributed by atoms with Crippen LogP contribution in [0, 0.1) is 6.92 Å². The molecule has 0 spiro atoms. The number of nitrogens with zero attached hydrogens (tertiary/aromatic N) is 1. The van der Waals surface area contributed by atoms with E-state index in [9.17, 15) is 26.4 Å². The topological polar surface area (TPSA) is 97.4 Å². The average Bonchev–Trinajstić information content (AvgIpc) is 2.93. The Balaban J connectivity index is 2.36. The van der Waals surface area contributed by atoms with Gasteiger partial charge in [-0.1, -0.05) is 17.4 Å². The molecule has 0 aliphatic carbocycles. The number of halogens is 3. The summed E-state index contributed by atoms with van der Waals surface area (Å²) >= 11 is 0.982. The number of amides is 2. The third kappa shape index (κ3) is 5.42. The Kier molecular flexibility index (Phi) is 6.67. The molecule has 28 heavy (non-hydrogen) atoms. The smallest absolute Gasteiger partial charge is 0.383 e. The van der Waals surface area contributed by atoms with Crippen LogP contribution in [0.5, 0.6) is 0 Å². The molecule has 0 saturated heterocycles. The molecule has 0 fully saturated rings. The van der Waals surface area contributed by atoms with Gasteiger partial charge in [0.15, 0.2) is 15.0 Å². The van der Waals surface area contributed by atoms with Crippen molar-refractivity contribution in [1.29, 1.82) is 0 Å². The molecule has 154 valence electrons. The van der Waals surface area contributed by atoms with Crippen LogP contribution < -0.4 is 10.6 Å². The number of carbonyl (C=O) groups excluding carboxylic acids is 1. The summed E-state index contributed by atoms with van der Waals surface area (Å²) in [4.78, 5) is 15.5. The number of nitrogens with one attached hydrogen (secondary N) is 2. The van der Waals surface area contributed by atoms with E-state index in [0.717, 1.165) is 29.7 Å². The molecule has 0 aliphatic rings. The van der Waals surface area contributed by atoms with Crippen LogP contribution in [0.25, 0.3) is 10.4 Å². The number of urea groups is 1. The van der Waals surface area contributed by atoms with Crippen LogP contribution in [0.3, 0.4) is 0 Å². The third-order valence-corrected chi connectivity index (χ3v) is 5.83. The van der Waals surface area contributed by atoms with E-state index in [1.807, 2.05) is 0 Å². The average molecular weight is 437 g/mol. The second-order valence-corrected chi connectivity index (χ2v) is 8.77. The summed E-state index contributed by atoms with van der Waals surface area (Å²) in [7, 11) is -2.57. The number of rotatable bonds is 6. The lowest BCUT2D eigenvalue weighted by Gasteiger charge is -2.13. The number of carbonyl (C=O) groups is 1. The fourth-order valence-electron chi connectivity index (χ4n) is 2.34. The van der Waals surface area contributed by atoms with Crippen LogP contribution in [0.15, 0.2) is 23.1 Å². The highest BCUT2D eigenvalue weighted by atomic mass is 32.2. The van der Waals surface area contributed by atoms with E-state index in [-0.39, 0.29) is 17.2 Å². The van der Waals surface area contributed by atoms with Gasteiger partial charge in [0.1, 0.15) is 0 Å². The lowest BCUT2D eigenvalue weighted by atomic mass is 10.1. The fourth-order valence-corrected chi connectivity index (χ4v) is 4.19. The standard InChI is InChI=1S/C16H18F3N3O4S2/c1-9-13(27-15(21-9)22-14(23)20-6-7-26-2)10-4-5-12(28(3,24)25)11(8-10)16(17,18)19/h4-5,8H,6-7H2,1-3H3,(H2,20,21,22,23). The van der Waals surface area contributed by atoms with E-state index in [1.165, 1.54) is 13.2 Å². The van der Waals surface area contributed by atoms with Gasteiger partial charge in [-0.25, -0.2) is 18.2 Å². The number of hydrogen-bond acceptors (Lipinski definition) is 6. The molecule has 2 amide bonds. The SMILES string of the molecule is COCCNC(=O)Nc1nc(C)c(-c2ccc(S(C)(=O)=O)c(C(F)(F)F)c2)s1. The minimum Gasteiger partial charge on any atom is -0.383 e. The van der Waals surface area contributed by atoms with Crippen molar-refractivity contribution < 1.29 is 31.1 Å². The maximum Gasteiger partial charge on any atom is 0.417 e. The maximum atomic E-state index is 13.3. The van der Waals surface area contributed by atoms with Crippen LogP contribution in [0.1, 0.15) is 11.3 Å². The van der Waals surface area contributed by atoms with Gasteiger partial charge in [-0.15, -0.1) is 0 Å². The predicted molar refractivity (Wildman–Crippen MR) is 99.3 cm³/mol. The van der Waals surface area contributed by atoms with Gasteiger partial charge in [0.05, 0.1) is 27.6 Å². The summed E-state index contributed by atoms with van der Waals surface area (Å²) in [6, 6.07) is 2.46. The Morgan fingerprint density at radius 1 is 1.32 bits per heavy atom. The first-order chi connectivity index (χ1) is 12.9. The van der Waals surface area contributed by atoms with Crippen molar-refractivity contribution >= 4 is 32.3 Å². The van der Waals surface area contributed by atoms with Gasteiger partial charge in [0, 0.05) is 19.9 Å². The first-order valence-electron chi connectivity index (χ1n) is 7.86. The number of aromatic nitrogens is 1. The van der Waals surface area contributed by atoms with Gasteiger partial charge in [-0.3, -0.25) is 5.32 Å². The van der Waals surface area contributed by atoms with Crippen molar-refractivity contribution in [3.8, 4) is 10.4 Å². The molecular weight excluding hydrogens is 419 g/mol. The first-order valence-corrected chi connectivity index (χ1v) is 10.6. The van der Waals surface area contributed by atoms with Crippen molar-refractivity contribution in [3.63, 3.8) is 0 Å². The van der Waals surface area contributed by atoms with E-state index in [1.54, 1.807) is 6.92 Å². The summed E-state index contributed by atoms with van der Waals surface area (Å²) in [5.74, 6) is 0. The molecule has 1 aromatic carbocycles. The van der Waals surface area contributed by atoms with Crippen LogP contribution in [-0.4, -0.2) is 46.0 Å². The Morgan fingerprint density at radius 3 is 2.57 bits per heavy atom. The summed E-state index contributed by atoms with van der Waals surface area (Å²) in [5.41, 5.74) is -0.688. The minimum absolute atomic E-state index is 0.155. The van der Waals surface area contributed by atoms with Crippen molar-refractivity contribution in [1.82, 2.24) is 10.3 Å². The van der Waals surface area contributed by atoms with E-state index in [2.05, 4.69) is 15.6 Å². The lowest BCUT2D eigenvalue weighted by molar-refractivity contribution is -0.139. The summed E-state index contributed by atoms with van der Waals surface area (Å²) in [6.45, 7) is 2.18. The zero-order valence-corrected chi connectivity index (χ0v) is 16.8. The maximum absolute atomic E-state index is 13.3. The van der Waals surface area contributed by atoms with Gasteiger partial charge in [0.2, 0.25) is 0 Å². The van der Waals surface area contributed by atoms with Crippen molar-refractivity contribution in [2.24, 2.45) is 0 Å². The monoisotopic (exact) mass is 437 g/mol. The second kappa shape index (κ2) is 8.45. The molecule has 0 atom stereocenters. The summed E-state index contributed by atoms with van der Waals surface area (Å²) in [5, 5.41) is 5.22. The van der Waals surface area contributed by atoms with Gasteiger partial charge >= 0.3 is 12.2 Å². The number of alkyl halides is 3. The molecule has 0 aliphatic heterocycles. The Labute approximate surface area is 163 Å². The number of sulfone groups is 1. The lowest BCUT2D eigenvalue weighted by Crippen LogP contribution is -2.31. The Bertz CT molecular complexity index is 972. The van der Waals surface area contributed by atoms with Gasteiger partial charge in [-0.05, 0) is 24.6 Å². The molecule has 0 unspecified atom stereocenters. The van der Waals surface area contributed by atoms with Crippen LogP contribution in [0.2, 0.25) is 0 Å². The van der Waals surface area contributed by atoms with Gasteiger partial charge < -0.3 is 10.1 Å². The summed E-state index contributed by atoms with van der Waals surface area (Å²) in [6.07, 6.45) is -4.12. The highest BCUT2D eigenvalue weighted by Crippen LogP contribution is 2.39. The molecule has 2 rings (SSSR count). The number of ether oxygens (including phenoxy) is 1. The van der Waals surface area contributed by atoms with E-state index >= 15 is 0 Å². The van der Waals surface area contributed by atoms with Gasteiger partial charge in [-0.2, -0.15) is 13.2 Å². The van der Waals surface area contributed by atoms with E-state index in [0.29, 0.717) is 17.2 Å². The largest absolute Gasteiger partial charge is 0.417 e. The summed E-state index contributed by atoms with van der Waals surface area (Å²) < 4.78 is 68.2. The van der Waals surface area contributed by atoms with Crippen molar-refractivity contribution in [2.75, 3.05) is 31.8 Å². The predicted octanol–water partition coefficient (Wildman–Crippen LogP) is 3.31. The molecule has 12 heteroatoms. The third-order valence-electron chi connectivity index (χ3n) is 3.56. The van der Waals surface area contributed by atoms with E-state index < -0.39 is 32.5 Å². The molecule has 0 saturated carbocycles. The second-order valence-electron chi connectivity index (χ2n) is 5.79. The Morgan fingerprint density at radius 2 is 2.00 bits per heavy atom. The molecule has 2 N–H and O–H groups in total. The van der Waals surface area contributed by atoms with Crippen molar-refractivity contribution in [2.45, 2.75) is 18.0 Å². The molecule has 1 heterocycles. The molecule has 0 bridgehead atoms. The number of anilines is 1. The Hall–Kier alpha value is -2.18. The highest BCUT2D eigenvalue weighted by molar-refractivity contribution is 7.90. The molecular formula is C16H18F3N3O4S2. The fraction of sp³-hybridized carbons (Fsp3) is 0.375. The number of benzene rings is 1. The van der Waals surface area contributed by atoms with E-state index in [4.69, 9.17) is 4.74 Å². The molecule has 2 aromatic rings. The van der Waals surface area contributed by atoms with Crippen LogP contribution >= 0.6 is 11.3 Å². The number of methoxy groups -OCH3 is 1. The first kappa shape index (κ1) is 22.1. The number of aryl methyl sites for hydroxylation is 1. The normalized spacial score (nSPS) is 12.1. The van der Waals surface area contributed by atoms with Crippen LogP contribution in [-0.2, 0) is 20.8 Å². The molecule has 7 nitrogen and oxygen atoms in total. The number of hydrogen-bond donors (Lipinski definition) is 2. The minimum atomic E-state index is -4.84. The zero-order valence-electron chi connectivity index (χ0n) is 15.2. The number of thiazole rings is 1. The van der Waals surface area contributed by atoms with Gasteiger partial charge in [0.25, 0.3) is 0 Å². The van der Waals surface area contributed by atoms with Crippen molar-refractivity contribution in [3.05, 3.63) is 29.5 Å². The quantitative estimate of drug-likeness (QED) is 0.676. The highest BCUT2D eigenvalue weighted by Gasteiger charge is 2.36. The molecule has 0 radical (unpaired) electrons.